The highest BCUT2D eigenvalue weighted by atomic mass is 32.1. The summed E-state index contributed by atoms with van der Waals surface area (Å²) in [4.78, 5) is 14.6. The van der Waals surface area contributed by atoms with Gasteiger partial charge in [0.1, 0.15) is 0 Å². The second kappa shape index (κ2) is 7.91. The molecule has 2 fully saturated rings. The van der Waals surface area contributed by atoms with Crippen LogP contribution in [0, 0.1) is 0 Å². The van der Waals surface area contributed by atoms with E-state index in [9.17, 15) is 4.79 Å². The molecule has 0 radical (unpaired) electrons. The molecule has 2 saturated heterocycles. The Morgan fingerprint density at radius 1 is 1.12 bits per heavy atom. The van der Waals surface area contributed by atoms with E-state index in [1.54, 1.807) is 11.3 Å². The molecule has 1 aromatic heterocycles. The van der Waals surface area contributed by atoms with E-state index in [1.807, 2.05) is 18.2 Å². The molecule has 4 rings (SSSR count). The van der Waals surface area contributed by atoms with Crippen LogP contribution in [0.25, 0.3) is 0 Å². The SMILES string of the molecule is O=C(NCC1(c2ccccc2)CCOCC1)c1ccc([C@H]2CCCO2)s1. The molecule has 3 heterocycles. The number of benzene rings is 1. The van der Waals surface area contributed by atoms with E-state index in [0.29, 0.717) is 6.54 Å². The van der Waals surface area contributed by atoms with Gasteiger partial charge in [0.2, 0.25) is 0 Å². The molecule has 26 heavy (non-hydrogen) atoms. The predicted molar refractivity (Wildman–Crippen MR) is 103 cm³/mol. The van der Waals surface area contributed by atoms with Crippen molar-refractivity contribution in [2.45, 2.75) is 37.2 Å². The van der Waals surface area contributed by atoms with Gasteiger partial charge in [-0.25, -0.2) is 0 Å². The summed E-state index contributed by atoms with van der Waals surface area (Å²) < 4.78 is 11.3. The maximum absolute atomic E-state index is 12.7. The maximum atomic E-state index is 12.7. The Hall–Kier alpha value is -1.69. The van der Waals surface area contributed by atoms with Crippen LogP contribution in [0.3, 0.4) is 0 Å². The summed E-state index contributed by atoms with van der Waals surface area (Å²) in [7, 11) is 0. The lowest BCUT2D eigenvalue weighted by atomic mass is 9.74. The van der Waals surface area contributed by atoms with Gasteiger partial charge in [0.05, 0.1) is 11.0 Å². The molecule has 2 aliphatic heterocycles. The molecule has 0 bridgehead atoms. The first-order chi connectivity index (χ1) is 12.8. The van der Waals surface area contributed by atoms with Crippen molar-refractivity contribution in [1.29, 1.82) is 0 Å². The summed E-state index contributed by atoms with van der Waals surface area (Å²) in [6.07, 6.45) is 4.20. The van der Waals surface area contributed by atoms with Crippen LogP contribution in [-0.2, 0) is 14.9 Å². The molecule has 1 atom stereocenters. The number of carbonyl (C=O) groups excluding carboxylic acids is 1. The van der Waals surface area contributed by atoms with Gasteiger partial charge in [0.25, 0.3) is 5.91 Å². The minimum Gasteiger partial charge on any atom is -0.381 e. The first-order valence-electron chi connectivity index (χ1n) is 9.40. The maximum Gasteiger partial charge on any atom is 0.261 e. The summed E-state index contributed by atoms with van der Waals surface area (Å²) in [5.74, 6) is 0.0149. The minimum absolute atomic E-state index is 0.0149. The van der Waals surface area contributed by atoms with Crippen molar-refractivity contribution in [3.8, 4) is 0 Å². The Morgan fingerprint density at radius 3 is 2.65 bits per heavy atom. The van der Waals surface area contributed by atoms with Gasteiger partial charge >= 0.3 is 0 Å². The quantitative estimate of drug-likeness (QED) is 0.862. The molecule has 1 amide bonds. The fourth-order valence-corrected chi connectivity index (χ4v) is 4.92. The Bertz CT molecular complexity index is 731. The van der Waals surface area contributed by atoms with E-state index >= 15 is 0 Å². The molecule has 0 saturated carbocycles. The van der Waals surface area contributed by atoms with E-state index in [-0.39, 0.29) is 17.4 Å². The van der Waals surface area contributed by atoms with Crippen LogP contribution in [0.2, 0.25) is 0 Å². The Kier molecular flexibility index (Phi) is 5.38. The average Bonchev–Trinajstić information content (AvgIpc) is 3.39. The smallest absolute Gasteiger partial charge is 0.261 e. The third-order valence-electron chi connectivity index (χ3n) is 5.52. The highest BCUT2D eigenvalue weighted by Gasteiger charge is 2.35. The van der Waals surface area contributed by atoms with Gasteiger partial charge in [-0.2, -0.15) is 0 Å². The largest absolute Gasteiger partial charge is 0.381 e. The Labute approximate surface area is 158 Å². The number of nitrogens with one attached hydrogen (secondary N) is 1. The standard InChI is InChI=1S/C21H25NO3S/c23-20(19-9-8-18(26-19)17-7-4-12-25-17)22-15-21(10-13-24-14-11-21)16-5-2-1-3-6-16/h1-3,5-6,8-9,17H,4,7,10-15H2,(H,22,23)/t17-/m1/s1. The monoisotopic (exact) mass is 371 g/mol. The van der Waals surface area contributed by atoms with Crippen LogP contribution in [0.15, 0.2) is 42.5 Å². The second-order valence-corrected chi connectivity index (χ2v) is 8.26. The molecule has 2 aliphatic rings. The van der Waals surface area contributed by atoms with Gasteiger partial charge in [0, 0.05) is 36.7 Å². The van der Waals surface area contributed by atoms with Crippen LogP contribution >= 0.6 is 11.3 Å². The van der Waals surface area contributed by atoms with E-state index in [1.165, 1.54) is 5.56 Å². The van der Waals surface area contributed by atoms with E-state index in [0.717, 1.165) is 55.3 Å². The minimum atomic E-state index is -0.0379. The van der Waals surface area contributed by atoms with Crippen LogP contribution < -0.4 is 5.32 Å². The van der Waals surface area contributed by atoms with Crippen molar-refractivity contribution in [1.82, 2.24) is 5.32 Å². The Balaban J connectivity index is 1.45. The average molecular weight is 372 g/mol. The number of thiophene rings is 1. The fourth-order valence-electron chi connectivity index (χ4n) is 3.91. The molecule has 0 unspecified atom stereocenters. The number of ether oxygens (including phenoxy) is 2. The van der Waals surface area contributed by atoms with Crippen molar-refractivity contribution in [2.24, 2.45) is 0 Å². The van der Waals surface area contributed by atoms with Gasteiger partial charge in [-0.15, -0.1) is 11.3 Å². The first-order valence-corrected chi connectivity index (χ1v) is 10.2. The number of carbonyl (C=O) groups is 1. The molecule has 1 N–H and O–H groups in total. The van der Waals surface area contributed by atoms with Crippen LogP contribution in [0.5, 0.6) is 0 Å². The van der Waals surface area contributed by atoms with Gasteiger partial charge in [0.15, 0.2) is 0 Å². The third-order valence-corrected chi connectivity index (χ3v) is 6.70. The van der Waals surface area contributed by atoms with Crippen molar-refractivity contribution in [2.75, 3.05) is 26.4 Å². The molecule has 0 spiro atoms. The van der Waals surface area contributed by atoms with Crippen molar-refractivity contribution >= 4 is 17.2 Å². The summed E-state index contributed by atoms with van der Waals surface area (Å²) in [6.45, 7) is 2.96. The lowest BCUT2D eigenvalue weighted by Gasteiger charge is -2.37. The zero-order valence-corrected chi connectivity index (χ0v) is 15.7. The van der Waals surface area contributed by atoms with Crippen LogP contribution in [0.1, 0.15) is 51.9 Å². The van der Waals surface area contributed by atoms with Gasteiger partial charge < -0.3 is 14.8 Å². The fraction of sp³-hybridized carbons (Fsp3) is 0.476. The summed E-state index contributed by atoms with van der Waals surface area (Å²) in [5, 5.41) is 3.19. The van der Waals surface area contributed by atoms with Gasteiger partial charge in [-0.05, 0) is 43.4 Å². The van der Waals surface area contributed by atoms with E-state index in [2.05, 4.69) is 29.6 Å². The van der Waals surface area contributed by atoms with Crippen LogP contribution in [-0.4, -0.2) is 32.3 Å². The topological polar surface area (TPSA) is 47.6 Å². The molecule has 1 aromatic carbocycles. The molecular formula is C21H25NO3S. The molecular weight excluding hydrogens is 346 g/mol. The number of hydrogen-bond acceptors (Lipinski definition) is 4. The molecule has 138 valence electrons. The molecule has 2 aromatic rings. The van der Waals surface area contributed by atoms with E-state index in [4.69, 9.17) is 9.47 Å². The highest BCUT2D eigenvalue weighted by Crippen LogP contribution is 2.35. The normalized spacial score (nSPS) is 22.2. The van der Waals surface area contributed by atoms with E-state index < -0.39 is 0 Å². The molecule has 4 nitrogen and oxygen atoms in total. The van der Waals surface area contributed by atoms with Crippen LogP contribution in [0.4, 0.5) is 0 Å². The van der Waals surface area contributed by atoms with Crippen molar-refractivity contribution in [3.05, 3.63) is 57.8 Å². The summed E-state index contributed by atoms with van der Waals surface area (Å²) in [6, 6.07) is 14.5. The van der Waals surface area contributed by atoms with Crippen molar-refractivity contribution in [3.63, 3.8) is 0 Å². The molecule has 0 aliphatic carbocycles. The van der Waals surface area contributed by atoms with Gasteiger partial charge in [-0.3, -0.25) is 4.79 Å². The Morgan fingerprint density at radius 2 is 1.92 bits per heavy atom. The summed E-state index contributed by atoms with van der Waals surface area (Å²) in [5.41, 5.74) is 1.25. The first kappa shape index (κ1) is 17.7. The lowest BCUT2D eigenvalue weighted by Crippen LogP contribution is -2.44. The van der Waals surface area contributed by atoms with Crippen molar-refractivity contribution < 1.29 is 14.3 Å². The number of amides is 1. The number of hydrogen-bond donors (Lipinski definition) is 1. The lowest BCUT2D eigenvalue weighted by molar-refractivity contribution is 0.0487. The predicted octanol–water partition coefficient (Wildman–Crippen LogP) is 4.08. The zero-order chi connectivity index (χ0) is 17.8. The number of rotatable bonds is 5. The molecule has 5 heteroatoms. The highest BCUT2D eigenvalue weighted by molar-refractivity contribution is 7.14. The van der Waals surface area contributed by atoms with Gasteiger partial charge in [-0.1, -0.05) is 30.3 Å². The zero-order valence-electron chi connectivity index (χ0n) is 14.9. The third kappa shape index (κ3) is 3.70. The second-order valence-electron chi connectivity index (χ2n) is 7.15. The summed E-state index contributed by atoms with van der Waals surface area (Å²) >= 11 is 1.56.